The number of carbonyl (C=O) groups is 1. The van der Waals surface area contributed by atoms with Crippen LogP contribution in [0, 0.1) is 5.92 Å². The lowest BCUT2D eigenvalue weighted by Gasteiger charge is -2.39. The van der Waals surface area contributed by atoms with Crippen molar-refractivity contribution in [2.45, 2.75) is 28.9 Å². The summed E-state index contributed by atoms with van der Waals surface area (Å²) in [6.45, 7) is -0.177. The Kier molecular flexibility index (Phi) is 6.23. The molecule has 0 bridgehead atoms. The average molecular weight is 385 g/mol. The monoisotopic (exact) mass is 386 g/mol. The van der Waals surface area contributed by atoms with Gasteiger partial charge in [-0.2, -0.15) is 0 Å². The van der Waals surface area contributed by atoms with Gasteiger partial charge < -0.3 is 15.2 Å². The number of benzene rings is 1. The van der Waals surface area contributed by atoms with Gasteiger partial charge in [-0.25, -0.2) is 4.98 Å². The minimum absolute atomic E-state index is 0.0212. The van der Waals surface area contributed by atoms with E-state index in [0.29, 0.717) is 5.88 Å². The van der Waals surface area contributed by atoms with Crippen molar-refractivity contribution in [3.05, 3.63) is 59.8 Å². The van der Waals surface area contributed by atoms with Crippen LogP contribution in [0.5, 0.6) is 5.88 Å². The highest BCUT2D eigenvalue weighted by Gasteiger charge is 2.44. The highest BCUT2D eigenvalue weighted by molar-refractivity contribution is 6.66. The van der Waals surface area contributed by atoms with Crippen molar-refractivity contribution < 1.29 is 14.6 Å². The minimum atomic E-state index is -0.475. The third-order valence-electron chi connectivity index (χ3n) is 6.18. The van der Waals surface area contributed by atoms with E-state index in [1.165, 1.54) is 5.56 Å². The van der Waals surface area contributed by atoms with Gasteiger partial charge in [-0.05, 0) is 29.5 Å². The van der Waals surface area contributed by atoms with Crippen molar-refractivity contribution in [1.29, 1.82) is 0 Å². The summed E-state index contributed by atoms with van der Waals surface area (Å²) >= 11 is 0. The molecule has 5 nitrogen and oxygen atoms in total. The number of ether oxygens (including phenoxy) is 1. The molecule has 2 aromatic rings. The van der Waals surface area contributed by atoms with Crippen molar-refractivity contribution >= 4 is 45.1 Å². The molecule has 3 atom stereocenters. The first-order valence-corrected chi connectivity index (χ1v) is 10.2. The zero-order valence-corrected chi connectivity index (χ0v) is 18.0. The maximum atomic E-state index is 12.6. The Labute approximate surface area is 177 Å². The molecule has 3 rings (SSSR count). The molecule has 0 spiro atoms. The van der Waals surface area contributed by atoms with E-state index < -0.39 is 6.04 Å². The molecule has 1 amide bonds. The van der Waals surface area contributed by atoms with Crippen LogP contribution < -0.4 is 10.1 Å². The van der Waals surface area contributed by atoms with Gasteiger partial charge in [-0.1, -0.05) is 35.4 Å². The number of amides is 1. The predicted octanol–water partition coefficient (Wildman–Crippen LogP) is -2.69. The van der Waals surface area contributed by atoms with Gasteiger partial charge in [0, 0.05) is 23.6 Å². The van der Waals surface area contributed by atoms with Crippen LogP contribution in [-0.4, -0.2) is 67.2 Å². The van der Waals surface area contributed by atoms with Crippen LogP contribution in [0.2, 0.25) is 5.11 Å². The molecule has 0 aliphatic heterocycles. The smallest absolute Gasteiger partial charge is 0.224 e. The summed E-state index contributed by atoms with van der Waals surface area (Å²) in [5.74, 6) is 0.744. The topological polar surface area (TPSA) is 71.5 Å². The largest absolute Gasteiger partial charge is 0.492 e. The van der Waals surface area contributed by atoms with Crippen LogP contribution in [0.1, 0.15) is 29.5 Å². The van der Waals surface area contributed by atoms with Crippen LogP contribution >= 0.6 is 0 Å². The number of aromatic nitrogens is 1. The maximum Gasteiger partial charge on any atom is 0.224 e. The summed E-state index contributed by atoms with van der Waals surface area (Å²) in [6, 6.07) is 13.3. The molecule has 2 N–H and O–H groups in total. The van der Waals surface area contributed by atoms with Crippen molar-refractivity contribution in [1.82, 2.24) is 10.3 Å². The fourth-order valence-electron chi connectivity index (χ4n) is 3.14. The molecule has 0 radical (unpaired) electrons. The summed E-state index contributed by atoms with van der Waals surface area (Å²) in [6.07, 6.45) is 2.51. The number of nitrogens with one attached hydrogen (secondary N) is 1. The maximum absolute atomic E-state index is 12.6. The summed E-state index contributed by atoms with van der Waals surface area (Å²) in [5, 5.41) is 12.3. The van der Waals surface area contributed by atoms with Crippen LogP contribution in [0.25, 0.3) is 0 Å². The number of rotatable bonds is 8. The molecule has 10 heteroatoms. The average Bonchev–Trinajstić information content (AvgIpc) is 3.47. The summed E-state index contributed by atoms with van der Waals surface area (Å²) in [5.41, 5.74) is 1.96. The zero-order valence-electron chi connectivity index (χ0n) is 18.0. The van der Waals surface area contributed by atoms with Gasteiger partial charge >= 0.3 is 0 Å². The molecule has 0 saturated heterocycles. The Bertz CT molecular complexity index is 843. The molecule has 1 aromatic heterocycles. The number of hydrogen-bond donors (Lipinski definition) is 2. The van der Waals surface area contributed by atoms with Gasteiger partial charge in [0.05, 0.1) is 36.2 Å². The summed E-state index contributed by atoms with van der Waals surface area (Å²) < 4.78 is 6.07. The standard InChI is InChI=1S/C19H27B5N2O3/c20-18(21,22)19(23,24)29-16-7-6-12(9-25-16)15(10-27)26-17(28)14-8-13(14)11-4-2-1-3-5-11/h1-7,9,13-15,27H,8,10,20-24H2,(H,26,28)/t13-,14+,15+/m1/s1. The van der Waals surface area contributed by atoms with Crippen molar-refractivity contribution in [3.8, 4) is 5.88 Å². The van der Waals surface area contributed by atoms with Crippen molar-refractivity contribution in [3.63, 3.8) is 0 Å². The number of carbonyl (C=O) groups excluding carboxylic acids is 1. The Balaban J connectivity index is 1.61. The molecular weight excluding hydrogens is 358 g/mol. The summed E-state index contributed by atoms with van der Waals surface area (Å²) in [4.78, 5) is 17.0. The fraction of sp³-hybridized carbons (Fsp3) is 0.368. The number of nitrogens with zero attached hydrogens (tertiary/aromatic N) is 1. The van der Waals surface area contributed by atoms with E-state index in [2.05, 4.69) is 46.0 Å². The van der Waals surface area contributed by atoms with Gasteiger partial charge in [0.25, 0.3) is 0 Å². The second-order valence-corrected chi connectivity index (χ2v) is 9.40. The van der Waals surface area contributed by atoms with Crippen LogP contribution in [-0.2, 0) is 4.79 Å². The third-order valence-corrected chi connectivity index (χ3v) is 6.18. The van der Waals surface area contributed by atoms with Gasteiger partial charge in [-0.15, -0.1) is 0 Å². The zero-order chi connectivity index (χ0) is 21.2. The molecule has 0 unspecified atom stereocenters. The first-order valence-electron chi connectivity index (χ1n) is 10.2. The van der Waals surface area contributed by atoms with E-state index in [-0.39, 0.29) is 34.9 Å². The Hall–Kier alpha value is -2.08. The molecule has 1 aliphatic rings. The Morgan fingerprint density at radius 1 is 1.17 bits per heavy atom. The second-order valence-electron chi connectivity index (χ2n) is 9.40. The Morgan fingerprint density at radius 3 is 2.41 bits per heavy atom. The Morgan fingerprint density at radius 2 is 1.86 bits per heavy atom. The lowest BCUT2D eigenvalue weighted by Crippen LogP contribution is -2.51. The highest BCUT2D eigenvalue weighted by Crippen LogP contribution is 2.47. The lowest BCUT2D eigenvalue weighted by atomic mass is 9.28. The van der Waals surface area contributed by atoms with Crippen LogP contribution in [0.4, 0.5) is 0 Å². The van der Waals surface area contributed by atoms with Gasteiger partial charge in [0.15, 0.2) is 0 Å². The van der Waals surface area contributed by atoms with E-state index in [1.807, 2.05) is 40.0 Å². The van der Waals surface area contributed by atoms with E-state index in [4.69, 9.17) is 4.74 Å². The molecule has 1 aliphatic carbocycles. The van der Waals surface area contributed by atoms with Gasteiger partial charge in [0.2, 0.25) is 11.8 Å². The molecule has 1 heterocycles. The van der Waals surface area contributed by atoms with Crippen LogP contribution in [0.3, 0.4) is 0 Å². The first kappa shape index (κ1) is 21.6. The van der Waals surface area contributed by atoms with E-state index in [0.717, 1.165) is 12.0 Å². The van der Waals surface area contributed by atoms with Crippen LogP contribution in [0.15, 0.2) is 48.7 Å². The van der Waals surface area contributed by atoms with Crippen molar-refractivity contribution in [2.24, 2.45) is 5.92 Å². The SMILES string of the molecule is BC(B)(B)C(B)(B)Oc1ccc([C@H](CO)NC(=O)[C@H]2C[C@@H]2c2ccccc2)cn1. The first-order chi connectivity index (χ1) is 13.6. The van der Waals surface area contributed by atoms with Crippen molar-refractivity contribution in [2.75, 3.05) is 6.61 Å². The third kappa shape index (κ3) is 5.10. The molecular formula is C19H27B5N2O3. The number of aliphatic hydroxyl groups is 1. The predicted molar refractivity (Wildman–Crippen MR) is 128 cm³/mol. The van der Waals surface area contributed by atoms with E-state index >= 15 is 0 Å². The second kappa shape index (κ2) is 8.35. The molecule has 1 saturated carbocycles. The van der Waals surface area contributed by atoms with E-state index in [9.17, 15) is 9.90 Å². The van der Waals surface area contributed by atoms with Gasteiger partial charge in [0.1, 0.15) is 15.7 Å². The van der Waals surface area contributed by atoms with Gasteiger partial charge in [-0.3, -0.25) is 4.79 Å². The van der Waals surface area contributed by atoms with E-state index in [1.54, 1.807) is 12.3 Å². The fourth-order valence-corrected chi connectivity index (χ4v) is 3.14. The number of pyridine rings is 1. The molecule has 1 fully saturated rings. The minimum Gasteiger partial charge on any atom is -0.492 e. The lowest BCUT2D eigenvalue weighted by molar-refractivity contribution is -0.123. The summed E-state index contributed by atoms with van der Waals surface area (Å²) in [7, 11) is 10.5. The molecule has 1 aromatic carbocycles. The number of aliphatic hydroxyl groups excluding tert-OH is 1. The molecule has 146 valence electrons. The normalized spacial score (nSPS) is 19.9. The molecule has 29 heavy (non-hydrogen) atoms. The highest BCUT2D eigenvalue weighted by atomic mass is 16.5. The quantitative estimate of drug-likeness (QED) is 0.486. The number of hydrogen-bond acceptors (Lipinski definition) is 4.